The van der Waals surface area contributed by atoms with Crippen molar-refractivity contribution in [1.82, 2.24) is 20.5 Å². The first-order chi connectivity index (χ1) is 14.1. The summed E-state index contributed by atoms with van der Waals surface area (Å²) in [6.45, 7) is 14.6. The number of benzene rings is 1. The summed E-state index contributed by atoms with van der Waals surface area (Å²) in [5, 5.41) is 6.77. The molecule has 1 aliphatic heterocycles. The lowest BCUT2D eigenvalue weighted by atomic mass is 10.2. The van der Waals surface area contributed by atoms with Crippen LogP contribution < -0.4 is 15.5 Å². The fourth-order valence-electron chi connectivity index (χ4n) is 3.53. The number of aliphatic imine (C=N–C) groups is 1. The molecule has 1 unspecified atom stereocenters. The zero-order valence-electron chi connectivity index (χ0n) is 18.5. The van der Waals surface area contributed by atoms with Crippen LogP contribution in [0.5, 0.6) is 0 Å². The normalized spacial score (nSPS) is 16.1. The maximum absolute atomic E-state index is 5.62. The second kappa shape index (κ2) is 12.1. The van der Waals surface area contributed by atoms with E-state index >= 15 is 0 Å². The average molecular weight is 526 g/mol. The number of oxazole rings is 1. The van der Waals surface area contributed by atoms with Crippen LogP contribution in [0, 0.1) is 13.8 Å². The summed E-state index contributed by atoms with van der Waals surface area (Å²) in [4.78, 5) is 14.0. The molecule has 2 aromatic rings. The lowest BCUT2D eigenvalue weighted by molar-refractivity contribution is 0.197. The van der Waals surface area contributed by atoms with Gasteiger partial charge in [0.05, 0.1) is 5.69 Å². The largest absolute Gasteiger partial charge is 0.444 e. The van der Waals surface area contributed by atoms with Gasteiger partial charge in [-0.25, -0.2) is 9.98 Å². The number of nitrogens with one attached hydrogen (secondary N) is 2. The summed E-state index contributed by atoms with van der Waals surface area (Å²) in [5.41, 5.74) is 2.24. The Morgan fingerprint density at radius 2 is 1.83 bits per heavy atom. The first-order valence-electron chi connectivity index (χ1n) is 10.6. The first kappa shape index (κ1) is 24.5. The molecule has 0 amide bonds. The van der Waals surface area contributed by atoms with E-state index in [9.17, 15) is 0 Å². The molecule has 0 aliphatic carbocycles. The number of nitrogens with zero attached hydrogens (tertiary/aromatic N) is 4. The average Bonchev–Trinajstić information content (AvgIpc) is 3.08. The topological polar surface area (TPSA) is 68.9 Å². The van der Waals surface area contributed by atoms with Crippen molar-refractivity contribution < 1.29 is 4.42 Å². The van der Waals surface area contributed by atoms with Gasteiger partial charge in [0, 0.05) is 51.0 Å². The number of rotatable bonds is 7. The Bertz CT molecular complexity index is 767. The summed E-state index contributed by atoms with van der Waals surface area (Å²) >= 11 is 0. The van der Waals surface area contributed by atoms with Crippen molar-refractivity contribution in [2.45, 2.75) is 40.3 Å². The molecule has 3 rings (SSSR count). The number of hydrogen-bond donors (Lipinski definition) is 2. The van der Waals surface area contributed by atoms with E-state index in [0.717, 1.165) is 56.7 Å². The summed E-state index contributed by atoms with van der Waals surface area (Å²) in [7, 11) is 0. The van der Waals surface area contributed by atoms with Gasteiger partial charge in [0.2, 0.25) is 5.89 Å². The van der Waals surface area contributed by atoms with Crippen LogP contribution >= 0.6 is 24.0 Å². The van der Waals surface area contributed by atoms with Crippen LogP contribution in [-0.4, -0.2) is 61.2 Å². The van der Waals surface area contributed by atoms with Gasteiger partial charge >= 0.3 is 0 Å². The summed E-state index contributed by atoms with van der Waals surface area (Å²) in [5.74, 6) is 2.31. The van der Waals surface area contributed by atoms with Gasteiger partial charge in [0.1, 0.15) is 12.3 Å². The van der Waals surface area contributed by atoms with Gasteiger partial charge in [-0.15, -0.1) is 24.0 Å². The van der Waals surface area contributed by atoms with Gasteiger partial charge in [-0.2, -0.15) is 0 Å². The Morgan fingerprint density at radius 3 is 2.43 bits per heavy atom. The molecule has 0 saturated carbocycles. The monoisotopic (exact) mass is 526 g/mol. The highest BCUT2D eigenvalue weighted by atomic mass is 127. The van der Waals surface area contributed by atoms with Crippen molar-refractivity contribution in [3.05, 3.63) is 47.7 Å². The number of piperazine rings is 1. The molecule has 1 atom stereocenters. The number of halogens is 1. The summed E-state index contributed by atoms with van der Waals surface area (Å²) in [6.07, 6.45) is 0. The molecule has 0 spiro atoms. The van der Waals surface area contributed by atoms with E-state index in [1.54, 1.807) is 0 Å². The molecular weight excluding hydrogens is 491 g/mol. The van der Waals surface area contributed by atoms with Crippen LogP contribution in [0.3, 0.4) is 0 Å². The van der Waals surface area contributed by atoms with Crippen molar-refractivity contribution in [2.75, 3.05) is 44.2 Å². The Hall–Kier alpha value is -1.81. The van der Waals surface area contributed by atoms with Gasteiger partial charge in [0.25, 0.3) is 0 Å². The zero-order chi connectivity index (χ0) is 20.6. The fourth-order valence-corrected chi connectivity index (χ4v) is 3.53. The Kier molecular flexibility index (Phi) is 9.90. The molecule has 1 fully saturated rings. The Morgan fingerprint density at radius 1 is 1.13 bits per heavy atom. The molecule has 1 aromatic heterocycles. The molecule has 1 aliphatic rings. The van der Waals surface area contributed by atoms with E-state index in [0.29, 0.717) is 18.5 Å². The second-order valence-electron chi connectivity index (χ2n) is 7.53. The maximum atomic E-state index is 5.62. The van der Waals surface area contributed by atoms with Crippen molar-refractivity contribution in [3.63, 3.8) is 0 Å². The number of anilines is 1. The molecule has 2 heterocycles. The van der Waals surface area contributed by atoms with Crippen LogP contribution in [0.1, 0.15) is 31.2 Å². The standard InChI is InChI=1S/C22H34N6O.HI/c1-5-23-22(25-16-21-26-18(3)19(4)29-21)24-15-17(2)27-11-13-28(14-12-27)20-9-7-6-8-10-20;/h6-10,17H,5,11-16H2,1-4H3,(H2,23,24,25);1H. The van der Waals surface area contributed by atoms with Crippen LogP contribution in [-0.2, 0) is 6.54 Å². The molecule has 30 heavy (non-hydrogen) atoms. The highest BCUT2D eigenvalue weighted by Crippen LogP contribution is 2.16. The number of aromatic nitrogens is 1. The van der Waals surface area contributed by atoms with Gasteiger partial charge in [0.15, 0.2) is 5.96 Å². The quantitative estimate of drug-likeness (QED) is 0.328. The predicted octanol–water partition coefficient (Wildman–Crippen LogP) is 3.18. The lowest BCUT2D eigenvalue weighted by Crippen LogP contribution is -2.53. The van der Waals surface area contributed by atoms with Gasteiger partial charge in [-0.1, -0.05) is 18.2 Å². The molecular formula is C22H35IN6O. The smallest absolute Gasteiger partial charge is 0.216 e. The molecule has 1 saturated heterocycles. The van der Waals surface area contributed by atoms with E-state index in [2.05, 4.69) is 74.6 Å². The van der Waals surface area contributed by atoms with Crippen molar-refractivity contribution in [2.24, 2.45) is 4.99 Å². The SMILES string of the molecule is CCNC(=NCc1nc(C)c(C)o1)NCC(C)N1CCN(c2ccccc2)CC1.I. The molecule has 7 nitrogen and oxygen atoms in total. The van der Waals surface area contributed by atoms with Crippen LogP contribution in [0.15, 0.2) is 39.7 Å². The molecule has 8 heteroatoms. The van der Waals surface area contributed by atoms with Crippen molar-refractivity contribution >= 4 is 35.6 Å². The molecule has 0 radical (unpaired) electrons. The van der Waals surface area contributed by atoms with Gasteiger partial charge < -0.3 is 20.0 Å². The van der Waals surface area contributed by atoms with E-state index in [1.807, 2.05) is 13.8 Å². The Labute approximate surface area is 197 Å². The minimum Gasteiger partial charge on any atom is -0.444 e. The number of para-hydroxylation sites is 1. The van der Waals surface area contributed by atoms with Crippen LogP contribution in [0.25, 0.3) is 0 Å². The third kappa shape index (κ3) is 6.87. The second-order valence-corrected chi connectivity index (χ2v) is 7.53. The first-order valence-corrected chi connectivity index (χ1v) is 10.6. The van der Waals surface area contributed by atoms with E-state index in [-0.39, 0.29) is 24.0 Å². The zero-order valence-corrected chi connectivity index (χ0v) is 20.8. The molecule has 2 N–H and O–H groups in total. The van der Waals surface area contributed by atoms with Gasteiger partial charge in [-0.3, -0.25) is 4.90 Å². The number of guanidine groups is 1. The number of hydrogen-bond acceptors (Lipinski definition) is 5. The van der Waals surface area contributed by atoms with E-state index in [4.69, 9.17) is 4.42 Å². The fraction of sp³-hybridized carbons (Fsp3) is 0.545. The maximum Gasteiger partial charge on any atom is 0.216 e. The predicted molar refractivity (Wildman–Crippen MR) is 134 cm³/mol. The van der Waals surface area contributed by atoms with Crippen LogP contribution in [0.2, 0.25) is 0 Å². The summed E-state index contributed by atoms with van der Waals surface area (Å²) < 4.78 is 5.62. The molecule has 166 valence electrons. The molecule has 1 aromatic carbocycles. The Balaban J connectivity index is 0.00000320. The third-order valence-electron chi connectivity index (χ3n) is 5.41. The summed E-state index contributed by atoms with van der Waals surface area (Å²) in [6, 6.07) is 11.1. The van der Waals surface area contributed by atoms with E-state index in [1.165, 1.54) is 5.69 Å². The van der Waals surface area contributed by atoms with Gasteiger partial charge in [-0.05, 0) is 39.8 Å². The number of aryl methyl sites for hydroxylation is 2. The highest BCUT2D eigenvalue weighted by molar-refractivity contribution is 14.0. The lowest BCUT2D eigenvalue weighted by Gasteiger charge is -2.39. The third-order valence-corrected chi connectivity index (χ3v) is 5.41. The van der Waals surface area contributed by atoms with Crippen molar-refractivity contribution in [1.29, 1.82) is 0 Å². The minimum absolute atomic E-state index is 0. The van der Waals surface area contributed by atoms with Crippen LogP contribution in [0.4, 0.5) is 5.69 Å². The molecule has 0 bridgehead atoms. The minimum atomic E-state index is 0. The highest BCUT2D eigenvalue weighted by Gasteiger charge is 2.21. The van der Waals surface area contributed by atoms with E-state index < -0.39 is 0 Å². The van der Waals surface area contributed by atoms with Crippen molar-refractivity contribution in [3.8, 4) is 0 Å².